The number of nitrogens with one attached hydrogen (secondary N) is 1. The SMILES string of the molecule is CC(C)(C)OC(=O)Cc1ccccc1NC(=O)CCC(=O)O. The number of para-hydroxylation sites is 1. The number of ether oxygens (including phenoxy) is 1. The van der Waals surface area contributed by atoms with E-state index in [9.17, 15) is 14.4 Å². The van der Waals surface area contributed by atoms with Gasteiger partial charge in [-0.25, -0.2) is 0 Å². The lowest BCUT2D eigenvalue weighted by atomic mass is 10.1. The third kappa shape index (κ3) is 6.88. The smallest absolute Gasteiger partial charge is 0.310 e. The summed E-state index contributed by atoms with van der Waals surface area (Å²) in [7, 11) is 0. The molecule has 0 aliphatic heterocycles. The Hall–Kier alpha value is -2.37. The summed E-state index contributed by atoms with van der Waals surface area (Å²) in [5, 5.41) is 11.2. The van der Waals surface area contributed by atoms with Gasteiger partial charge in [0.2, 0.25) is 5.91 Å². The number of hydrogen-bond donors (Lipinski definition) is 2. The summed E-state index contributed by atoms with van der Waals surface area (Å²) in [5.41, 5.74) is 0.542. The van der Waals surface area contributed by atoms with Crippen molar-refractivity contribution in [2.45, 2.75) is 45.6 Å². The van der Waals surface area contributed by atoms with Crippen LogP contribution in [0, 0.1) is 0 Å². The molecule has 0 spiro atoms. The molecule has 6 heteroatoms. The third-order valence-corrected chi connectivity index (χ3v) is 2.61. The Bertz CT molecular complexity index is 560. The maximum atomic E-state index is 11.9. The van der Waals surface area contributed by atoms with Crippen molar-refractivity contribution in [1.82, 2.24) is 0 Å². The number of benzene rings is 1. The molecular weight excluding hydrogens is 286 g/mol. The van der Waals surface area contributed by atoms with Gasteiger partial charge in [-0.3, -0.25) is 14.4 Å². The van der Waals surface area contributed by atoms with Gasteiger partial charge in [0, 0.05) is 12.1 Å². The highest BCUT2D eigenvalue weighted by Gasteiger charge is 2.18. The molecule has 1 rings (SSSR count). The lowest BCUT2D eigenvalue weighted by molar-refractivity contribution is -0.154. The average molecular weight is 307 g/mol. The molecule has 0 saturated carbocycles. The zero-order valence-electron chi connectivity index (χ0n) is 13.0. The summed E-state index contributed by atoms with van der Waals surface area (Å²) >= 11 is 0. The monoisotopic (exact) mass is 307 g/mol. The molecule has 0 heterocycles. The van der Waals surface area contributed by atoms with E-state index >= 15 is 0 Å². The quantitative estimate of drug-likeness (QED) is 0.787. The summed E-state index contributed by atoms with van der Waals surface area (Å²) in [4.78, 5) is 34.0. The zero-order chi connectivity index (χ0) is 16.8. The molecule has 6 nitrogen and oxygen atoms in total. The van der Waals surface area contributed by atoms with Crippen molar-refractivity contribution in [1.29, 1.82) is 0 Å². The average Bonchev–Trinajstić information content (AvgIpc) is 2.36. The maximum Gasteiger partial charge on any atom is 0.310 e. The van der Waals surface area contributed by atoms with Crippen LogP contribution in [0.4, 0.5) is 5.69 Å². The van der Waals surface area contributed by atoms with Crippen molar-refractivity contribution in [3.8, 4) is 0 Å². The molecule has 0 aromatic heterocycles. The van der Waals surface area contributed by atoms with Crippen LogP contribution in [-0.4, -0.2) is 28.6 Å². The van der Waals surface area contributed by atoms with Crippen molar-refractivity contribution in [2.24, 2.45) is 0 Å². The first-order chi connectivity index (χ1) is 10.2. The van der Waals surface area contributed by atoms with Gasteiger partial charge in [-0.15, -0.1) is 0 Å². The zero-order valence-corrected chi connectivity index (χ0v) is 13.0. The molecular formula is C16H21NO5. The van der Waals surface area contributed by atoms with E-state index in [4.69, 9.17) is 9.84 Å². The predicted octanol–water partition coefficient (Wildman–Crippen LogP) is 2.37. The van der Waals surface area contributed by atoms with Gasteiger partial charge in [0.1, 0.15) is 5.60 Å². The molecule has 1 aromatic carbocycles. The molecule has 0 bridgehead atoms. The minimum atomic E-state index is -1.03. The minimum absolute atomic E-state index is 0.0344. The highest BCUT2D eigenvalue weighted by atomic mass is 16.6. The fourth-order valence-corrected chi connectivity index (χ4v) is 1.76. The largest absolute Gasteiger partial charge is 0.481 e. The highest BCUT2D eigenvalue weighted by molar-refractivity contribution is 5.93. The molecule has 0 aliphatic carbocycles. The van der Waals surface area contributed by atoms with Gasteiger partial charge in [0.25, 0.3) is 0 Å². The van der Waals surface area contributed by atoms with Gasteiger partial charge < -0.3 is 15.2 Å². The fraction of sp³-hybridized carbons (Fsp3) is 0.438. The van der Waals surface area contributed by atoms with Gasteiger partial charge in [-0.1, -0.05) is 18.2 Å². The van der Waals surface area contributed by atoms with E-state index in [2.05, 4.69) is 5.32 Å². The molecule has 1 aromatic rings. The van der Waals surface area contributed by atoms with Gasteiger partial charge in [0.15, 0.2) is 0 Å². The molecule has 0 fully saturated rings. The Balaban J connectivity index is 2.71. The van der Waals surface area contributed by atoms with Gasteiger partial charge in [-0.2, -0.15) is 0 Å². The van der Waals surface area contributed by atoms with Gasteiger partial charge in [0.05, 0.1) is 12.8 Å². The van der Waals surface area contributed by atoms with Crippen LogP contribution in [0.25, 0.3) is 0 Å². The maximum absolute atomic E-state index is 11.9. The number of amides is 1. The predicted molar refractivity (Wildman–Crippen MR) is 81.5 cm³/mol. The number of carbonyl (C=O) groups excluding carboxylic acids is 2. The van der Waals surface area contributed by atoms with E-state index in [1.807, 2.05) is 0 Å². The number of carboxylic acids is 1. The normalized spacial score (nSPS) is 10.9. The number of carbonyl (C=O) groups is 3. The second kappa shape index (κ2) is 7.59. The Morgan fingerprint density at radius 3 is 2.36 bits per heavy atom. The standard InChI is InChI=1S/C16H21NO5/c1-16(2,3)22-15(21)10-11-6-4-5-7-12(11)17-13(18)8-9-14(19)20/h4-7H,8-10H2,1-3H3,(H,17,18)(H,19,20). The number of carboxylic acid groups (broad SMARTS) is 1. The molecule has 1 amide bonds. The van der Waals surface area contributed by atoms with E-state index in [1.165, 1.54) is 0 Å². The van der Waals surface area contributed by atoms with Crippen LogP contribution in [-0.2, 0) is 25.5 Å². The molecule has 0 radical (unpaired) electrons. The van der Waals surface area contributed by atoms with Crippen molar-refractivity contribution in [2.75, 3.05) is 5.32 Å². The topological polar surface area (TPSA) is 92.7 Å². The molecule has 22 heavy (non-hydrogen) atoms. The molecule has 0 unspecified atom stereocenters. The van der Waals surface area contributed by atoms with Gasteiger partial charge >= 0.3 is 11.9 Å². The molecule has 0 saturated heterocycles. The van der Waals surface area contributed by atoms with Gasteiger partial charge in [-0.05, 0) is 32.4 Å². The van der Waals surface area contributed by atoms with Crippen molar-refractivity contribution < 1.29 is 24.2 Å². The lowest BCUT2D eigenvalue weighted by Gasteiger charge is -2.20. The number of hydrogen-bond acceptors (Lipinski definition) is 4. The first kappa shape index (κ1) is 17.7. The summed E-state index contributed by atoms with van der Waals surface area (Å²) in [6, 6.07) is 6.87. The summed E-state index contributed by atoms with van der Waals surface area (Å²) < 4.78 is 5.25. The Morgan fingerprint density at radius 2 is 1.77 bits per heavy atom. The van der Waals surface area contributed by atoms with Crippen LogP contribution in [0.1, 0.15) is 39.2 Å². The van der Waals surface area contributed by atoms with Crippen molar-refractivity contribution >= 4 is 23.5 Å². The molecule has 0 atom stereocenters. The number of esters is 1. The van der Waals surface area contributed by atoms with Crippen LogP contribution in [0.5, 0.6) is 0 Å². The van der Waals surface area contributed by atoms with Crippen LogP contribution in [0.2, 0.25) is 0 Å². The lowest BCUT2D eigenvalue weighted by Crippen LogP contribution is -2.25. The summed E-state index contributed by atoms with van der Waals surface area (Å²) in [5.74, 6) is -1.82. The van der Waals surface area contributed by atoms with E-state index in [1.54, 1.807) is 45.0 Å². The van der Waals surface area contributed by atoms with E-state index in [-0.39, 0.29) is 25.2 Å². The Morgan fingerprint density at radius 1 is 1.14 bits per heavy atom. The summed E-state index contributed by atoms with van der Waals surface area (Å²) in [6.45, 7) is 5.35. The Labute approximate surface area is 129 Å². The Kier molecular flexibility index (Phi) is 6.10. The van der Waals surface area contributed by atoms with E-state index in [0.29, 0.717) is 11.3 Å². The number of rotatable bonds is 6. The second-order valence-corrected chi connectivity index (χ2v) is 5.86. The van der Waals surface area contributed by atoms with E-state index < -0.39 is 17.5 Å². The van der Waals surface area contributed by atoms with Crippen LogP contribution in [0.15, 0.2) is 24.3 Å². The minimum Gasteiger partial charge on any atom is -0.481 e. The second-order valence-electron chi connectivity index (χ2n) is 5.86. The molecule has 2 N–H and O–H groups in total. The first-order valence-electron chi connectivity index (χ1n) is 6.99. The molecule has 0 aliphatic rings. The number of anilines is 1. The van der Waals surface area contributed by atoms with Crippen LogP contribution in [0.3, 0.4) is 0 Å². The van der Waals surface area contributed by atoms with Crippen LogP contribution >= 0.6 is 0 Å². The van der Waals surface area contributed by atoms with Crippen molar-refractivity contribution in [3.63, 3.8) is 0 Å². The number of aliphatic carboxylic acids is 1. The van der Waals surface area contributed by atoms with E-state index in [0.717, 1.165) is 0 Å². The first-order valence-corrected chi connectivity index (χ1v) is 6.99. The van der Waals surface area contributed by atoms with Crippen molar-refractivity contribution in [3.05, 3.63) is 29.8 Å². The summed E-state index contributed by atoms with van der Waals surface area (Å²) in [6.07, 6.45) is -0.317. The fourth-order valence-electron chi connectivity index (χ4n) is 1.76. The highest BCUT2D eigenvalue weighted by Crippen LogP contribution is 2.18. The van der Waals surface area contributed by atoms with Crippen LogP contribution < -0.4 is 5.32 Å². The molecule has 120 valence electrons. The third-order valence-electron chi connectivity index (χ3n) is 2.61.